The van der Waals surface area contributed by atoms with Crippen molar-refractivity contribution in [3.8, 4) is 0 Å². The second-order valence-corrected chi connectivity index (χ2v) is 4.04. The number of fused-ring (bicyclic) bond motifs is 2. The molecule has 3 unspecified atom stereocenters. The van der Waals surface area contributed by atoms with Crippen LogP contribution in [0.5, 0.6) is 0 Å². The first-order valence-electron chi connectivity index (χ1n) is 4.48. The van der Waals surface area contributed by atoms with E-state index in [-0.39, 0.29) is 0 Å². The molecule has 1 fully saturated rings. The minimum atomic E-state index is -5.59. The Morgan fingerprint density at radius 1 is 1.19 bits per heavy atom. The SMILES string of the molecule is O=C(F)C1(C(F)(F)F)C2C=CC(C2)C1(F)F. The van der Waals surface area contributed by atoms with Gasteiger partial charge >= 0.3 is 12.2 Å². The monoisotopic (exact) mass is 244 g/mol. The van der Waals surface area contributed by atoms with Crippen molar-refractivity contribution in [1.82, 2.24) is 0 Å². The van der Waals surface area contributed by atoms with Gasteiger partial charge in [-0.25, -0.2) is 8.78 Å². The van der Waals surface area contributed by atoms with Gasteiger partial charge in [-0.05, 0) is 6.42 Å². The molecule has 3 atom stereocenters. The van der Waals surface area contributed by atoms with Crippen LogP contribution >= 0.6 is 0 Å². The molecule has 1 saturated carbocycles. The number of carbonyl (C=O) groups is 1. The Labute approximate surface area is 86.1 Å². The topological polar surface area (TPSA) is 17.1 Å². The lowest BCUT2D eigenvalue weighted by Gasteiger charge is -2.38. The van der Waals surface area contributed by atoms with Crippen molar-refractivity contribution >= 4 is 6.04 Å². The van der Waals surface area contributed by atoms with Gasteiger partial charge in [0.15, 0.2) is 0 Å². The van der Waals surface area contributed by atoms with Gasteiger partial charge in [-0.3, -0.25) is 4.79 Å². The molecule has 16 heavy (non-hydrogen) atoms. The third kappa shape index (κ3) is 0.965. The maximum Gasteiger partial charge on any atom is 0.410 e. The highest BCUT2D eigenvalue weighted by molar-refractivity contribution is 5.80. The highest BCUT2D eigenvalue weighted by atomic mass is 19.4. The van der Waals surface area contributed by atoms with Crippen molar-refractivity contribution in [2.75, 3.05) is 0 Å². The lowest BCUT2D eigenvalue weighted by Crippen LogP contribution is -2.58. The molecule has 0 aromatic carbocycles. The highest BCUT2D eigenvalue weighted by Crippen LogP contribution is 2.67. The Balaban J connectivity index is 2.65. The van der Waals surface area contributed by atoms with Crippen molar-refractivity contribution in [2.45, 2.75) is 18.5 Å². The van der Waals surface area contributed by atoms with Crippen LogP contribution in [0.25, 0.3) is 0 Å². The molecule has 0 aromatic heterocycles. The van der Waals surface area contributed by atoms with Crippen LogP contribution in [-0.4, -0.2) is 18.1 Å². The maximum atomic E-state index is 13.5. The molecule has 2 bridgehead atoms. The van der Waals surface area contributed by atoms with E-state index in [1.165, 1.54) is 0 Å². The van der Waals surface area contributed by atoms with Gasteiger partial charge < -0.3 is 0 Å². The predicted octanol–water partition coefficient (Wildman–Crippen LogP) is 2.87. The number of hydrogen-bond donors (Lipinski definition) is 0. The van der Waals surface area contributed by atoms with Crippen LogP contribution in [0.15, 0.2) is 12.2 Å². The Hall–Kier alpha value is -1.01. The molecule has 0 heterocycles. The average molecular weight is 244 g/mol. The van der Waals surface area contributed by atoms with Crippen LogP contribution < -0.4 is 0 Å². The molecule has 2 aliphatic carbocycles. The van der Waals surface area contributed by atoms with E-state index in [2.05, 4.69) is 0 Å². The number of halogens is 6. The zero-order valence-electron chi connectivity index (χ0n) is 7.69. The zero-order valence-corrected chi connectivity index (χ0v) is 7.69. The largest absolute Gasteiger partial charge is 0.410 e. The van der Waals surface area contributed by atoms with E-state index in [0.29, 0.717) is 0 Å². The first-order valence-corrected chi connectivity index (χ1v) is 4.48. The molecular formula is C9H6F6O. The Bertz CT molecular complexity index is 371. The fraction of sp³-hybridized carbons (Fsp3) is 0.667. The Morgan fingerprint density at radius 2 is 1.69 bits per heavy atom. The molecule has 0 aliphatic heterocycles. The maximum absolute atomic E-state index is 13.5. The van der Waals surface area contributed by atoms with Gasteiger partial charge in [0.1, 0.15) is 0 Å². The summed E-state index contributed by atoms with van der Waals surface area (Å²) in [4.78, 5) is 10.5. The Morgan fingerprint density at radius 3 is 1.94 bits per heavy atom. The highest BCUT2D eigenvalue weighted by Gasteiger charge is 2.83. The smallest absolute Gasteiger partial charge is 0.260 e. The van der Waals surface area contributed by atoms with Gasteiger partial charge in [0.2, 0.25) is 5.41 Å². The molecule has 0 N–H and O–H groups in total. The molecule has 0 spiro atoms. The minimum Gasteiger partial charge on any atom is -0.260 e. The van der Waals surface area contributed by atoms with E-state index in [9.17, 15) is 31.1 Å². The van der Waals surface area contributed by atoms with Crippen molar-refractivity contribution in [2.24, 2.45) is 17.3 Å². The molecule has 90 valence electrons. The summed E-state index contributed by atoms with van der Waals surface area (Å²) in [6.45, 7) is 0. The fourth-order valence-electron chi connectivity index (χ4n) is 2.62. The van der Waals surface area contributed by atoms with Gasteiger partial charge in [-0.15, -0.1) is 0 Å². The second-order valence-electron chi connectivity index (χ2n) is 4.04. The summed E-state index contributed by atoms with van der Waals surface area (Å²) in [5.74, 6) is -7.92. The third-order valence-electron chi connectivity index (χ3n) is 3.39. The number of allylic oxidation sites excluding steroid dienone is 2. The van der Waals surface area contributed by atoms with E-state index in [1.54, 1.807) is 0 Å². The van der Waals surface area contributed by atoms with Crippen molar-refractivity contribution in [3.05, 3.63) is 12.2 Å². The number of carbonyl (C=O) groups excluding carboxylic acids is 1. The summed E-state index contributed by atoms with van der Waals surface area (Å²) < 4.78 is 77.5. The van der Waals surface area contributed by atoms with E-state index in [4.69, 9.17) is 0 Å². The Kier molecular flexibility index (Phi) is 2.01. The van der Waals surface area contributed by atoms with Crippen molar-refractivity contribution in [3.63, 3.8) is 0 Å². The van der Waals surface area contributed by atoms with Crippen LogP contribution in [0.4, 0.5) is 26.3 Å². The first-order chi connectivity index (χ1) is 7.15. The standard InChI is InChI=1S/C9H6F6O/c10-6(16)7(9(13,14)15)4-1-2-5(3-4)8(7,11)12/h1-2,4-5H,3H2. The average Bonchev–Trinajstić information content (AvgIpc) is 2.56. The molecule has 1 nitrogen and oxygen atoms in total. The minimum absolute atomic E-state index is 0.540. The third-order valence-corrected chi connectivity index (χ3v) is 3.39. The van der Waals surface area contributed by atoms with Crippen LogP contribution in [0.1, 0.15) is 6.42 Å². The van der Waals surface area contributed by atoms with Gasteiger partial charge in [0.25, 0.3) is 5.92 Å². The lowest BCUT2D eigenvalue weighted by atomic mass is 9.72. The molecule has 0 aromatic rings. The van der Waals surface area contributed by atoms with E-state index in [0.717, 1.165) is 12.2 Å². The van der Waals surface area contributed by atoms with Gasteiger partial charge in [-0.2, -0.15) is 17.6 Å². The molecule has 2 aliphatic rings. The molecule has 7 heteroatoms. The van der Waals surface area contributed by atoms with E-state index < -0.39 is 41.8 Å². The van der Waals surface area contributed by atoms with E-state index in [1.807, 2.05) is 0 Å². The first kappa shape index (κ1) is 11.5. The van der Waals surface area contributed by atoms with Gasteiger partial charge in [0.05, 0.1) is 0 Å². The molecule has 0 saturated heterocycles. The number of hydrogen-bond acceptors (Lipinski definition) is 1. The van der Waals surface area contributed by atoms with E-state index >= 15 is 0 Å². The molecule has 0 amide bonds. The van der Waals surface area contributed by atoms with Gasteiger partial charge in [0, 0.05) is 11.8 Å². The van der Waals surface area contributed by atoms with Crippen molar-refractivity contribution in [1.29, 1.82) is 0 Å². The second kappa shape index (κ2) is 2.81. The van der Waals surface area contributed by atoms with Crippen LogP contribution in [0.3, 0.4) is 0 Å². The lowest BCUT2D eigenvalue weighted by molar-refractivity contribution is -0.293. The molecule has 0 radical (unpaired) electrons. The molecular weight excluding hydrogens is 238 g/mol. The van der Waals surface area contributed by atoms with Crippen LogP contribution in [0, 0.1) is 17.3 Å². The summed E-state index contributed by atoms with van der Waals surface area (Å²) in [5, 5.41) is 0. The number of rotatable bonds is 1. The zero-order chi connectivity index (χ0) is 12.4. The van der Waals surface area contributed by atoms with Crippen LogP contribution in [-0.2, 0) is 4.79 Å². The predicted molar refractivity (Wildman–Crippen MR) is 40.3 cm³/mol. The molecule has 2 rings (SSSR count). The summed E-state index contributed by atoms with van der Waals surface area (Å²) in [6.07, 6.45) is -4.36. The van der Waals surface area contributed by atoms with Gasteiger partial charge in [-0.1, -0.05) is 12.2 Å². The summed E-state index contributed by atoms with van der Waals surface area (Å²) >= 11 is 0. The van der Waals surface area contributed by atoms with Crippen LogP contribution in [0.2, 0.25) is 0 Å². The normalized spacial score (nSPS) is 40.4. The summed E-state index contributed by atoms with van der Waals surface area (Å²) in [7, 11) is 0. The summed E-state index contributed by atoms with van der Waals surface area (Å²) in [6, 6.07) is -3.00. The summed E-state index contributed by atoms with van der Waals surface area (Å²) in [5.41, 5.74) is -4.18. The fourth-order valence-corrected chi connectivity index (χ4v) is 2.62. The quantitative estimate of drug-likeness (QED) is 0.394. The van der Waals surface area contributed by atoms with Crippen molar-refractivity contribution < 1.29 is 31.1 Å². The number of alkyl halides is 5.